The Morgan fingerprint density at radius 1 is 0.584 bits per heavy atom. The number of carbonyl (C=O) groups excluding carboxylic acids is 9. The number of aliphatic hydroxyl groups is 3. The van der Waals surface area contributed by atoms with E-state index in [4.69, 9.17) is 35.9 Å². The number of esters is 1. The van der Waals surface area contributed by atoms with Crippen LogP contribution in [0.3, 0.4) is 0 Å². The SMILES string of the molecule is C=C(C)C(=O)NCC(=O)NC(Cc1ccccc1)C(=O)NC(CC(C)C)C(=O)CCC(=O)O.C=C(C)C(=O)NCC(=O)NC(Cc1ccccc1)C(=O)NC(CC(C)C)C(=O)CCC(=O)OC[C@@H]1OC(n2ccc(N)nc2=O)C(F)(F)C1O.Nc1ccn(C2O[C@H](CO)C(O)C2(F)F)c(=O)n1. The average Bonchev–Trinajstić information content (AvgIpc) is 1.63. The molecule has 4 heterocycles. The van der Waals surface area contributed by atoms with Crippen molar-refractivity contribution in [2.24, 2.45) is 11.8 Å². The lowest BCUT2D eigenvalue weighted by Crippen LogP contribution is -2.54. The fourth-order valence-electron chi connectivity index (χ4n) is 9.75. The number of ketones is 2. The van der Waals surface area contributed by atoms with Crippen LogP contribution in [0, 0.1) is 11.8 Å². The predicted octanol–water partition coefficient (Wildman–Crippen LogP) is 0.645. The van der Waals surface area contributed by atoms with Gasteiger partial charge in [-0.3, -0.25) is 57.1 Å². The number of halogens is 4. The Balaban J connectivity index is 0.000000361. The zero-order valence-corrected chi connectivity index (χ0v) is 56.3. The van der Waals surface area contributed by atoms with E-state index in [0.717, 1.165) is 30.1 Å². The van der Waals surface area contributed by atoms with Gasteiger partial charge in [0.05, 0.1) is 44.6 Å². The van der Waals surface area contributed by atoms with E-state index < -0.39 is 170 Å². The second-order valence-corrected chi connectivity index (χ2v) is 24.5. The quantitative estimate of drug-likeness (QED) is 0.0177. The standard InChI is InChI=1S/C33H42F2N6O9.C24H33N3O6.C9H11F2N3O4/c1-18(2)14-21(39-30(47)22(15-20-8-6-5-7-9-20)38-26(43)16-37-29(46)19(3)4)23(42)10-11-27(44)49-17-24-28(45)33(34,35)31(50-24)41-13-12-25(36)40-32(41)48;1-15(2)12-18(20(28)10-11-22(30)31)27-24(33)19(13-17-8-6-5-7-9-17)26-21(29)14-25-23(32)16(3)4;10-9(11)6(16)4(3-15)18-7(9)14-2-1-5(12)13-8(14)17/h5-9,12-13,18,21-22,24,28,31,45H,3,10-11,14-17H2,1-2,4H3,(H,37,46)(H,38,43)(H,39,47)(H2,36,40,48);5-9,15,18-19H,3,10-14H2,1-2,4H3,(H,25,32)(H,26,29)(H,27,33)(H,30,31);1-2,4,6-7,15-16H,3H2,(H2,12,13,17)/t21?,22?,24-,28?,31?;;4-,6?,7?/m0.1/s1. The summed E-state index contributed by atoms with van der Waals surface area (Å²) in [5, 5.41) is 52.5. The van der Waals surface area contributed by atoms with Gasteiger partial charge in [0.2, 0.25) is 47.9 Å². The molecule has 0 radical (unpaired) electrons. The number of amides is 6. The molecule has 2 aromatic carbocycles. The van der Waals surface area contributed by atoms with Gasteiger partial charge < -0.3 is 78.0 Å². The number of ether oxygens (including phenoxy) is 3. The number of hydrogen-bond donors (Lipinski definition) is 12. The molecule has 2 aromatic heterocycles. The third kappa shape index (κ3) is 26.2. The average molecular weight is 1430 g/mol. The van der Waals surface area contributed by atoms with Crippen LogP contribution in [0.25, 0.3) is 0 Å². The highest BCUT2D eigenvalue weighted by Crippen LogP contribution is 2.43. The number of carboxylic acid groups (broad SMARTS) is 1. The van der Waals surface area contributed by atoms with Crippen LogP contribution in [0.4, 0.5) is 29.2 Å². The highest BCUT2D eigenvalue weighted by atomic mass is 19.3. The fraction of sp³-hybridized carbons (Fsp3) is 0.485. The van der Waals surface area contributed by atoms with E-state index in [1.165, 1.54) is 13.8 Å². The van der Waals surface area contributed by atoms with E-state index in [2.05, 4.69) is 55.0 Å². The molecule has 10 atom stereocenters. The Labute approximate surface area is 576 Å². The Kier molecular flexibility index (Phi) is 32.2. The Hall–Kier alpha value is -10.1. The fourth-order valence-corrected chi connectivity index (χ4v) is 9.75. The summed E-state index contributed by atoms with van der Waals surface area (Å²) < 4.78 is 72.9. The molecule has 2 aliphatic rings. The molecule has 31 nitrogen and oxygen atoms in total. The topological polar surface area (TPSA) is 473 Å². The summed E-state index contributed by atoms with van der Waals surface area (Å²) in [5.41, 5.74) is 10.4. The van der Waals surface area contributed by atoms with E-state index in [1.54, 1.807) is 54.6 Å². The summed E-state index contributed by atoms with van der Waals surface area (Å²) in [4.78, 5) is 154. The molecule has 2 saturated heterocycles. The van der Waals surface area contributed by atoms with E-state index in [1.807, 2.05) is 33.8 Å². The summed E-state index contributed by atoms with van der Waals surface area (Å²) in [6.45, 7) is 15.0. The molecule has 14 N–H and O–H groups in total. The third-order valence-corrected chi connectivity index (χ3v) is 15.0. The molecule has 0 bridgehead atoms. The number of aliphatic hydroxyl groups excluding tert-OH is 3. The van der Waals surface area contributed by atoms with Crippen molar-refractivity contribution in [2.45, 2.75) is 166 Å². The van der Waals surface area contributed by atoms with Gasteiger partial charge in [-0.1, -0.05) is 102 Å². The predicted molar refractivity (Wildman–Crippen MR) is 352 cm³/mol. The van der Waals surface area contributed by atoms with Gasteiger partial charge in [0.1, 0.15) is 42.5 Å². The summed E-state index contributed by atoms with van der Waals surface area (Å²) in [5.74, 6) is -14.4. The molecule has 2 aliphatic heterocycles. The lowest BCUT2D eigenvalue weighted by Gasteiger charge is -2.24. The maximum Gasteiger partial charge on any atom is 0.351 e. The van der Waals surface area contributed by atoms with E-state index in [-0.39, 0.29) is 79.0 Å². The largest absolute Gasteiger partial charge is 0.481 e. The lowest BCUT2D eigenvalue weighted by atomic mass is 9.96. The van der Waals surface area contributed by atoms with Crippen molar-refractivity contribution < 1.29 is 100 Å². The molecule has 0 aliphatic carbocycles. The number of carbonyl (C=O) groups is 10. The van der Waals surface area contributed by atoms with Crippen molar-refractivity contribution in [1.82, 2.24) is 51.0 Å². The van der Waals surface area contributed by atoms with Crippen molar-refractivity contribution in [2.75, 3.05) is 37.8 Å². The van der Waals surface area contributed by atoms with Crippen molar-refractivity contribution in [3.8, 4) is 0 Å². The maximum absolute atomic E-state index is 14.8. The van der Waals surface area contributed by atoms with Crippen molar-refractivity contribution in [3.05, 3.63) is 142 Å². The number of aliphatic carboxylic acids is 1. The zero-order chi connectivity index (χ0) is 75.6. The Morgan fingerprint density at radius 2 is 0.960 bits per heavy atom. The van der Waals surface area contributed by atoms with E-state index >= 15 is 0 Å². The highest BCUT2D eigenvalue weighted by Gasteiger charge is 2.61. The smallest absolute Gasteiger partial charge is 0.351 e. The van der Waals surface area contributed by atoms with Crippen LogP contribution in [0.15, 0.2) is 119 Å². The lowest BCUT2D eigenvalue weighted by molar-refractivity contribution is -0.151. The number of carboxylic acids is 1. The van der Waals surface area contributed by atoms with Crippen molar-refractivity contribution in [3.63, 3.8) is 0 Å². The monoisotopic (exact) mass is 1430 g/mol. The van der Waals surface area contributed by atoms with Gasteiger partial charge in [-0.25, -0.2) is 9.59 Å². The van der Waals surface area contributed by atoms with Gasteiger partial charge in [-0.15, -0.1) is 0 Å². The number of nitrogen functional groups attached to an aromatic ring is 2. The zero-order valence-electron chi connectivity index (χ0n) is 56.3. The number of nitrogens with one attached hydrogen (secondary N) is 6. The van der Waals surface area contributed by atoms with Gasteiger partial charge in [-0.2, -0.15) is 27.5 Å². The second-order valence-electron chi connectivity index (χ2n) is 24.5. The number of alkyl halides is 4. The molecule has 4 aromatic rings. The summed E-state index contributed by atoms with van der Waals surface area (Å²) in [7, 11) is 0. The maximum atomic E-state index is 14.8. The Morgan fingerprint density at radius 3 is 1.31 bits per heavy atom. The number of hydrogen-bond acceptors (Lipinski definition) is 22. The number of aromatic nitrogens is 4. The molecule has 6 amide bonds. The first kappa shape index (κ1) is 83.3. The highest BCUT2D eigenvalue weighted by molar-refractivity contribution is 5.98. The first-order valence-electron chi connectivity index (χ1n) is 31.7. The molecule has 6 rings (SSSR count). The van der Waals surface area contributed by atoms with Crippen LogP contribution in [-0.2, 0) is 75.0 Å². The molecular formula is C66H86F4N12O19. The summed E-state index contributed by atoms with van der Waals surface area (Å²) >= 11 is 0. The molecule has 0 saturated carbocycles. The van der Waals surface area contributed by atoms with Crippen LogP contribution in [-0.4, -0.2) is 185 Å². The van der Waals surface area contributed by atoms with Crippen LogP contribution >= 0.6 is 0 Å². The normalized spacial score (nSPS) is 19.0. The first-order valence-corrected chi connectivity index (χ1v) is 31.7. The number of rotatable bonds is 33. The molecular weight excluding hydrogens is 1340 g/mol. The van der Waals surface area contributed by atoms with E-state index in [0.29, 0.717) is 21.1 Å². The minimum atomic E-state index is -3.95. The molecule has 552 valence electrons. The molecule has 35 heteroatoms. The first-order chi connectivity index (χ1) is 47.4. The third-order valence-electron chi connectivity index (χ3n) is 15.0. The number of nitrogens with zero attached hydrogens (tertiary/aromatic N) is 4. The van der Waals surface area contributed by atoms with Crippen LogP contribution in [0.5, 0.6) is 0 Å². The summed E-state index contributed by atoms with van der Waals surface area (Å²) in [6.07, 6.45) is -10.8. The van der Waals surface area contributed by atoms with Crippen LogP contribution in [0.1, 0.15) is 104 Å². The van der Waals surface area contributed by atoms with E-state index in [9.17, 15) is 85.3 Å². The van der Waals surface area contributed by atoms with Gasteiger partial charge in [0.15, 0.2) is 23.8 Å². The minimum absolute atomic E-state index is 0.0697. The molecule has 2 fully saturated rings. The number of anilines is 2. The number of Topliss-reactive ketones (excluding diaryl/α,β-unsaturated/α-hetero) is 2. The van der Waals surface area contributed by atoms with Crippen molar-refractivity contribution >= 4 is 70.6 Å². The van der Waals surface area contributed by atoms with Crippen LogP contribution in [0.2, 0.25) is 0 Å². The van der Waals surface area contributed by atoms with Crippen LogP contribution < -0.4 is 54.7 Å². The number of benzene rings is 2. The van der Waals surface area contributed by atoms with Gasteiger partial charge >= 0.3 is 35.2 Å². The molecule has 101 heavy (non-hydrogen) atoms. The summed E-state index contributed by atoms with van der Waals surface area (Å²) in [6, 6.07) is 16.0. The molecule has 8 unspecified atom stereocenters. The van der Waals surface area contributed by atoms with Crippen molar-refractivity contribution in [1.29, 1.82) is 0 Å². The number of nitrogens with two attached hydrogens (primary N) is 2. The van der Waals surface area contributed by atoms with Gasteiger partial charge in [-0.05, 0) is 61.8 Å². The Bertz CT molecular complexity index is 3690. The van der Waals surface area contributed by atoms with Gasteiger partial charge in [0, 0.05) is 49.2 Å². The second kappa shape index (κ2) is 39.0. The van der Waals surface area contributed by atoms with Gasteiger partial charge in [0.25, 0.3) is 0 Å². The molecule has 0 spiro atoms. The minimum Gasteiger partial charge on any atom is -0.481 e.